The van der Waals surface area contributed by atoms with Crippen molar-refractivity contribution >= 4 is 34.2 Å². The van der Waals surface area contributed by atoms with Gasteiger partial charge in [0.05, 0.1) is 23.7 Å². The van der Waals surface area contributed by atoms with Gasteiger partial charge >= 0.3 is 5.97 Å². The largest absolute Gasteiger partial charge is 0.465 e. The maximum atomic E-state index is 11.9. The summed E-state index contributed by atoms with van der Waals surface area (Å²) in [5.41, 5.74) is 10.9. The number of ether oxygens (including phenoxy) is 1. The first-order valence-electron chi connectivity index (χ1n) is 9.31. The van der Waals surface area contributed by atoms with E-state index in [0.29, 0.717) is 45.1 Å². The van der Waals surface area contributed by atoms with Crippen molar-refractivity contribution in [2.45, 2.75) is 26.8 Å². The number of nitrogens with zero attached hydrogens (tertiary/aromatic N) is 3. The van der Waals surface area contributed by atoms with Crippen molar-refractivity contribution in [3.8, 4) is 11.3 Å². The van der Waals surface area contributed by atoms with Crippen molar-refractivity contribution in [1.82, 2.24) is 9.97 Å². The molecule has 2 aromatic carbocycles. The molecule has 7 heteroatoms. The summed E-state index contributed by atoms with van der Waals surface area (Å²) >= 11 is 0. The number of carbonyl (C=O) groups excluding carboxylic acids is 1. The Morgan fingerprint density at radius 1 is 1.14 bits per heavy atom. The first-order valence-corrected chi connectivity index (χ1v) is 9.31. The van der Waals surface area contributed by atoms with Crippen LogP contribution in [0, 0.1) is 5.41 Å². The fourth-order valence-corrected chi connectivity index (χ4v) is 3.00. The molecule has 29 heavy (non-hydrogen) atoms. The maximum Gasteiger partial charge on any atom is 0.337 e. The highest BCUT2D eigenvalue weighted by atomic mass is 16.5. The van der Waals surface area contributed by atoms with Crippen molar-refractivity contribution < 1.29 is 9.53 Å². The Labute approximate surface area is 170 Å². The van der Waals surface area contributed by atoms with Crippen LogP contribution in [0.5, 0.6) is 0 Å². The molecular formula is C22H25N5O2. The summed E-state index contributed by atoms with van der Waals surface area (Å²) in [6.07, 6.45) is 0. The molecular weight excluding hydrogens is 366 g/mol. The molecule has 3 rings (SSSR count). The summed E-state index contributed by atoms with van der Waals surface area (Å²) in [6, 6.07) is 10.8. The van der Waals surface area contributed by atoms with Gasteiger partial charge in [-0.25, -0.2) is 14.8 Å². The molecule has 1 heterocycles. The topological polar surface area (TPSA) is 105 Å². The normalized spacial score (nSPS) is 11.0. The summed E-state index contributed by atoms with van der Waals surface area (Å²) in [6.45, 7) is 5.84. The molecule has 0 spiro atoms. The van der Waals surface area contributed by atoms with Gasteiger partial charge < -0.3 is 20.8 Å². The zero-order chi connectivity index (χ0) is 21.3. The predicted octanol–water partition coefficient (Wildman–Crippen LogP) is 3.90. The van der Waals surface area contributed by atoms with Gasteiger partial charge in [-0.2, -0.15) is 0 Å². The molecule has 0 fully saturated rings. The minimum atomic E-state index is -0.416. The van der Waals surface area contributed by atoms with E-state index in [9.17, 15) is 4.79 Å². The van der Waals surface area contributed by atoms with Crippen LogP contribution in [-0.2, 0) is 4.74 Å². The minimum Gasteiger partial charge on any atom is -0.465 e. The van der Waals surface area contributed by atoms with Crippen LogP contribution in [0.1, 0.15) is 36.7 Å². The highest BCUT2D eigenvalue weighted by molar-refractivity contribution is 6.02. The summed E-state index contributed by atoms with van der Waals surface area (Å²) in [5.74, 6) is 0.272. The molecule has 7 nitrogen and oxygen atoms in total. The van der Waals surface area contributed by atoms with Crippen molar-refractivity contribution in [2.75, 3.05) is 24.8 Å². The molecule has 0 aliphatic heterocycles. The molecule has 1 aromatic heterocycles. The SMILES string of the molecule is COC(=O)c1ccc2nc(-c3ccc(N)c(C(C)=N)c3)c(N(C)C(C)C)nc2c1. The Morgan fingerprint density at radius 2 is 1.86 bits per heavy atom. The first-order chi connectivity index (χ1) is 13.7. The number of hydrogen-bond donors (Lipinski definition) is 2. The summed E-state index contributed by atoms with van der Waals surface area (Å²) < 4.78 is 4.81. The average Bonchev–Trinajstić information content (AvgIpc) is 2.71. The molecule has 0 saturated carbocycles. The first kappa shape index (κ1) is 20.3. The molecule has 0 radical (unpaired) electrons. The zero-order valence-electron chi connectivity index (χ0n) is 17.3. The van der Waals surface area contributed by atoms with E-state index < -0.39 is 5.97 Å². The number of benzene rings is 2. The lowest BCUT2D eigenvalue weighted by molar-refractivity contribution is 0.0601. The number of methoxy groups -OCH3 is 1. The van der Waals surface area contributed by atoms with E-state index in [4.69, 9.17) is 25.8 Å². The molecule has 0 atom stereocenters. The molecule has 150 valence electrons. The van der Waals surface area contributed by atoms with E-state index in [0.717, 1.165) is 5.56 Å². The molecule has 3 N–H and O–H groups in total. The van der Waals surface area contributed by atoms with Gasteiger partial charge in [0.15, 0.2) is 5.82 Å². The lowest BCUT2D eigenvalue weighted by Gasteiger charge is -2.25. The van der Waals surface area contributed by atoms with Crippen molar-refractivity contribution in [3.63, 3.8) is 0 Å². The molecule has 0 bridgehead atoms. The molecule has 0 amide bonds. The standard InChI is InChI=1S/C22H25N5O2/c1-12(2)27(4)21-20(14-6-8-17(24)16(10-14)13(3)23)25-18-9-7-15(22(28)29-5)11-19(18)26-21/h6-12,23H,24H2,1-5H3. The number of aromatic nitrogens is 2. The summed E-state index contributed by atoms with van der Waals surface area (Å²) in [4.78, 5) is 23.6. The second kappa shape index (κ2) is 7.87. The highest BCUT2D eigenvalue weighted by Gasteiger charge is 2.19. The third-order valence-corrected chi connectivity index (χ3v) is 4.91. The van der Waals surface area contributed by atoms with Gasteiger partial charge in [-0.3, -0.25) is 0 Å². The van der Waals surface area contributed by atoms with E-state index in [1.807, 2.05) is 24.1 Å². The smallest absolute Gasteiger partial charge is 0.337 e. The second-order valence-corrected chi connectivity index (χ2v) is 7.22. The lowest BCUT2D eigenvalue weighted by Crippen LogP contribution is -2.27. The van der Waals surface area contributed by atoms with E-state index in [-0.39, 0.29) is 6.04 Å². The van der Waals surface area contributed by atoms with E-state index in [2.05, 4.69) is 13.8 Å². The highest BCUT2D eigenvalue weighted by Crippen LogP contribution is 2.32. The lowest BCUT2D eigenvalue weighted by atomic mass is 10.0. The van der Waals surface area contributed by atoms with Crippen LogP contribution in [0.3, 0.4) is 0 Å². The predicted molar refractivity (Wildman–Crippen MR) is 117 cm³/mol. The van der Waals surface area contributed by atoms with Crippen LogP contribution < -0.4 is 10.6 Å². The molecule has 0 aliphatic rings. The Bertz CT molecular complexity index is 1110. The van der Waals surface area contributed by atoms with Gasteiger partial charge in [0.25, 0.3) is 0 Å². The van der Waals surface area contributed by atoms with Gasteiger partial charge in [0.1, 0.15) is 5.69 Å². The average molecular weight is 391 g/mol. The number of anilines is 2. The molecule has 0 aliphatic carbocycles. The van der Waals surface area contributed by atoms with Gasteiger partial charge in [-0.1, -0.05) is 6.07 Å². The van der Waals surface area contributed by atoms with Crippen molar-refractivity contribution in [3.05, 3.63) is 47.5 Å². The van der Waals surface area contributed by atoms with Crippen LogP contribution in [0.25, 0.3) is 22.3 Å². The number of nitrogens with one attached hydrogen (secondary N) is 1. The molecule has 0 saturated heterocycles. The number of hydrogen-bond acceptors (Lipinski definition) is 7. The number of carbonyl (C=O) groups is 1. The van der Waals surface area contributed by atoms with E-state index in [1.54, 1.807) is 31.2 Å². The second-order valence-electron chi connectivity index (χ2n) is 7.22. The van der Waals surface area contributed by atoms with Gasteiger partial charge in [-0.05, 0) is 51.1 Å². The van der Waals surface area contributed by atoms with E-state index in [1.165, 1.54) is 7.11 Å². The number of fused-ring (bicyclic) bond motifs is 1. The fourth-order valence-electron chi connectivity index (χ4n) is 3.00. The Balaban J connectivity index is 2.27. The van der Waals surface area contributed by atoms with Gasteiger partial charge in [-0.15, -0.1) is 0 Å². The fraction of sp³-hybridized carbons (Fsp3) is 0.273. The van der Waals surface area contributed by atoms with Crippen molar-refractivity contribution in [2.24, 2.45) is 0 Å². The number of nitrogen functional groups attached to an aromatic ring is 1. The van der Waals surface area contributed by atoms with Crippen LogP contribution in [0.2, 0.25) is 0 Å². The number of rotatable bonds is 5. The number of nitrogens with two attached hydrogens (primary N) is 1. The molecule has 0 unspecified atom stereocenters. The summed E-state index contributed by atoms with van der Waals surface area (Å²) in [7, 11) is 3.30. The van der Waals surface area contributed by atoms with Crippen LogP contribution in [0.4, 0.5) is 11.5 Å². The minimum absolute atomic E-state index is 0.182. The summed E-state index contributed by atoms with van der Waals surface area (Å²) in [5, 5.41) is 7.98. The molecule has 3 aromatic rings. The van der Waals surface area contributed by atoms with Crippen LogP contribution >= 0.6 is 0 Å². The van der Waals surface area contributed by atoms with Gasteiger partial charge in [0, 0.05) is 35.6 Å². The maximum absolute atomic E-state index is 11.9. The third kappa shape index (κ3) is 3.89. The monoisotopic (exact) mass is 391 g/mol. The van der Waals surface area contributed by atoms with E-state index >= 15 is 0 Å². The van der Waals surface area contributed by atoms with Crippen molar-refractivity contribution in [1.29, 1.82) is 5.41 Å². The Morgan fingerprint density at radius 3 is 2.48 bits per heavy atom. The zero-order valence-corrected chi connectivity index (χ0v) is 17.3. The Hall–Kier alpha value is -3.48. The quantitative estimate of drug-likeness (QED) is 0.388. The Kier molecular flexibility index (Phi) is 5.50. The third-order valence-electron chi connectivity index (χ3n) is 4.91. The van der Waals surface area contributed by atoms with Crippen LogP contribution in [-0.4, -0.2) is 41.8 Å². The number of esters is 1. The van der Waals surface area contributed by atoms with Gasteiger partial charge in [0.2, 0.25) is 0 Å². The van der Waals surface area contributed by atoms with Crippen LogP contribution in [0.15, 0.2) is 36.4 Å².